The number of fused-ring (bicyclic) bond motifs is 1. The maximum absolute atomic E-state index is 13.0. The van der Waals surface area contributed by atoms with Gasteiger partial charge in [0.2, 0.25) is 0 Å². The van der Waals surface area contributed by atoms with Crippen LogP contribution in [-0.4, -0.2) is 51.1 Å². The first kappa shape index (κ1) is 17.0. The van der Waals surface area contributed by atoms with Crippen LogP contribution in [0, 0.1) is 11.3 Å². The molecule has 5 heteroatoms. The minimum Gasteiger partial charge on any atom is -0.367 e. The summed E-state index contributed by atoms with van der Waals surface area (Å²) in [5, 5.41) is 9.06. The molecular weight excluding hydrogens is 312 g/mol. The highest BCUT2D eigenvalue weighted by Crippen LogP contribution is 2.33. The van der Waals surface area contributed by atoms with Gasteiger partial charge in [-0.1, -0.05) is 18.2 Å². The summed E-state index contributed by atoms with van der Waals surface area (Å²) in [6.07, 6.45) is 0. The summed E-state index contributed by atoms with van der Waals surface area (Å²) in [7, 11) is 4.13. The Kier molecular flexibility index (Phi) is 5.01. The minimum absolute atomic E-state index is 0.0585. The van der Waals surface area contributed by atoms with Gasteiger partial charge in [0.05, 0.1) is 23.0 Å². The number of carbonyl (C=O) groups is 1. The molecule has 3 rings (SSSR count). The Morgan fingerprint density at radius 2 is 1.88 bits per heavy atom. The summed E-state index contributed by atoms with van der Waals surface area (Å²) in [5.74, 6) is -0.0585. The molecule has 2 aromatic carbocycles. The van der Waals surface area contributed by atoms with Gasteiger partial charge in [0.15, 0.2) is 0 Å². The highest BCUT2D eigenvalue weighted by molar-refractivity contribution is 6.08. The third-order valence-electron chi connectivity index (χ3n) is 4.41. The molecule has 1 aliphatic heterocycles. The van der Waals surface area contributed by atoms with E-state index >= 15 is 0 Å². The minimum atomic E-state index is -0.0585. The van der Waals surface area contributed by atoms with E-state index in [2.05, 4.69) is 36.0 Å². The number of hydrogen-bond acceptors (Lipinski definition) is 4. The van der Waals surface area contributed by atoms with Gasteiger partial charge >= 0.3 is 0 Å². The highest BCUT2D eigenvalue weighted by Gasteiger charge is 2.27. The monoisotopic (exact) mass is 334 g/mol. The third-order valence-corrected chi connectivity index (χ3v) is 4.41. The van der Waals surface area contributed by atoms with Crippen molar-refractivity contribution in [3.05, 3.63) is 59.7 Å². The highest BCUT2D eigenvalue weighted by atomic mass is 16.2. The molecule has 0 spiro atoms. The zero-order valence-corrected chi connectivity index (χ0v) is 14.6. The van der Waals surface area contributed by atoms with E-state index in [0.29, 0.717) is 17.7 Å². The zero-order chi connectivity index (χ0) is 17.8. The molecular formula is C20H22N4O. The van der Waals surface area contributed by atoms with E-state index in [9.17, 15) is 4.79 Å². The van der Waals surface area contributed by atoms with Gasteiger partial charge < -0.3 is 14.7 Å². The van der Waals surface area contributed by atoms with E-state index in [-0.39, 0.29) is 5.91 Å². The first-order valence-corrected chi connectivity index (χ1v) is 8.41. The van der Waals surface area contributed by atoms with Crippen LogP contribution >= 0.6 is 0 Å². The SMILES string of the molecule is CN(C)CCN1CCN(C(=O)c2cccc(C#N)c2)c2ccccc21. The Morgan fingerprint density at radius 1 is 1.12 bits per heavy atom. The lowest BCUT2D eigenvalue weighted by molar-refractivity contribution is 0.0986. The molecule has 0 aromatic heterocycles. The summed E-state index contributed by atoms with van der Waals surface area (Å²) in [6.45, 7) is 3.33. The summed E-state index contributed by atoms with van der Waals surface area (Å²) < 4.78 is 0. The smallest absolute Gasteiger partial charge is 0.258 e. The van der Waals surface area contributed by atoms with Crippen LogP contribution in [0.3, 0.4) is 0 Å². The van der Waals surface area contributed by atoms with Crippen molar-refractivity contribution in [3.8, 4) is 6.07 Å². The third kappa shape index (κ3) is 3.65. The summed E-state index contributed by atoms with van der Waals surface area (Å²) in [6, 6.07) is 17.0. The maximum Gasteiger partial charge on any atom is 0.258 e. The number of nitriles is 1. The molecule has 0 radical (unpaired) electrons. The molecule has 1 amide bonds. The van der Waals surface area contributed by atoms with Crippen LogP contribution in [0.5, 0.6) is 0 Å². The van der Waals surface area contributed by atoms with E-state index in [1.165, 1.54) is 0 Å². The fourth-order valence-corrected chi connectivity index (χ4v) is 3.06. The molecule has 1 aliphatic rings. The van der Waals surface area contributed by atoms with Gasteiger partial charge in [-0.25, -0.2) is 0 Å². The molecule has 0 fully saturated rings. The topological polar surface area (TPSA) is 50.6 Å². The molecule has 0 saturated heterocycles. The normalized spacial score (nSPS) is 13.5. The van der Waals surface area contributed by atoms with Gasteiger partial charge in [0.1, 0.15) is 0 Å². The lowest BCUT2D eigenvalue weighted by atomic mass is 10.1. The number of rotatable bonds is 4. The standard InChI is InChI=1S/C20H22N4O/c1-22(2)10-11-23-12-13-24(19-9-4-3-8-18(19)23)20(25)17-7-5-6-16(14-17)15-21/h3-9,14H,10-13H2,1-2H3. The molecule has 1 heterocycles. The van der Waals surface area contributed by atoms with Crippen molar-refractivity contribution in [2.75, 3.05) is 50.1 Å². The van der Waals surface area contributed by atoms with Crippen molar-refractivity contribution < 1.29 is 4.79 Å². The first-order chi connectivity index (χ1) is 12.1. The molecule has 25 heavy (non-hydrogen) atoms. The van der Waals surface area contributed by atoms with Crippen molar-refractivity contribution in [1.82, 2.24) is 4.90 Å². The van der Waals surface area contributed by atoms with Gasteiger partial charge in [-0.3, -0.25) is 4.79 Å². The quantitative estimate of drug-likeness (QED) is 0.862. The fourth-order valence-electron chi connectivity index (χ4n) is 3.06. The second-order valence-electron chi connectivity index (χ2n) is 6.43. The van der Waals surface area contributed by atoms with E-state index in [0.717, 1.165) is 31.0 Å². The number of likely N-dealkylation sites (N-methyl/N-ethyl adjacent to an activating group) is 1. The van der Waals surface area contributed by atoms with E-state index in [1.807, 2.05) is 23.1 Å². The van der Waals surface area contributed by atoms with E-state index in [1.54, 1.807) is 24.3 Å². The van der Waals surface area contributed by atoms with Gasteiger partial charge in [0, 0.05) is 31.7 Å². The average molecular weight is 334 g/mol. The molecule has 5 nitrogen and oxygen atoms in total. The number of nitrogens with zero attached hydrogens (tertiary/aromatic N) is 4. The van der Waals surface area contributed by atoms with Crippen molar-refractivity contribution in [3.63, 3.8) is 0 Å². The van der Waals surface area contributed by atoms with Crippen LogP contribution in [0.4, 0.5) is 11.4 Å². The van der Waals surface area contributed by atoms with Crippen molar-refractivity contribution >= 4 is 17.3 Å². The summed E-state index contributed by atoms with van der Waals surface area (Å²) >= 11 is 0. The molecule has 0 bridgehead atoms. The summed E-state index contributed by atoms with van der Waals surface area (Å²) in [4.78, 5) is 19.3. The average Bonchev–Trinajstić information content (AvgIpc) is 2.65. The maximum atomic E-state index is 13.0. The second-order valence-corrected chi connectivity index (χ2v) is 6.43. The second kappa shape index (κ2) is 7.37. The molecule has 0 unspecified atom stereocenters. The molecule has 0 aliphatic carbocycles. The van der Waals surface area contributed by atoms with E-state index in [4.69, 9.17) is 5.26 Å². The molecule has 2 aromatic rings. The van der Waals surface area contributed by atoms with Crippen LogP contribution in [0.2, 0.25) is 0 Å². The van der Waals surface area contributed by atoms with Gasteiger partial charge in [0.25, 0.3) is 5.91 Å². The van der Waals surface area contributed by atoms with Gasteiger partial charge in [-0.05, 0) is 44.4 Å². The predicted octanol–water partition coefficient (Wildman–Crippen LogP) is 2.59. The number of hydrogen-bond donors (Lipinski definition) is 0. The molecule has 0 saturated carbocycles. The molecule has 0 atom stereocenters. The van der Waals surface area contributed by atoms with Crippen molar-refractivity contribution in [1.29, 1.82) is 5.26 Å². The Bertz CT molecular complexity index is 809. The fraction of sp³-hybridized carbons (Fsp3) is 0.300. The van der Waals surface area contributed by atoms with Crippen molar-refractivity contribution in [2.45, 2.75) is 0 Å². The van der Waals surface area contributed by atoms with Crippen molar-refractivity contribution in [2.24, 2.45) is 0 Å². The Morgan fingerprint density at radius 3 is 2.60 bits per heavy atom. The van der Waals surface area contributed by atoms with Crippen LogP contribution in [0.15, 0.2) is 48.5 Å². The first-order valence-electron chi connectivity index (χ1n) is 8.41. The number of carbonyl (C=O) groups excluding carboxylic acids is 1. The molecule has 128 valence electrons. The van der Waals surface area contributed by atoms with Gasteiger partial charge in [-0.15, -0.1) is 0 Å². The predicted molar refractivity (Wildman–Crippen MR) is 100 cm³/mol. The van der Waals surface area contributed by atoms with Crippen LogP contribution < -0.4 is 9.80 Å². The lowest BCUT2D eigenvalue weighted by Crippen LogP contribution is -2.45. The van der Waals surface area contributed by atoms with Gasteiger partial charge in [-0.2, -0.15) is 5.26 Å². The number of para-hydroxylation sites is 2. The lowest BCUT2D eigenvalue weighted by Gasteiger charge is -2.38. The largest absolute Gasteiger partial charge is 0.367 e. The van der Waals surface area contributed by atoms with Crippen LogP contribution in [0.25, 0.3) is 0 Å². The zero-order valence-electron chi connectivity index (χ0n) is 14.6. The number of amides is 1. The van der Waals surface area contributed by atoms with Crippen LogP contribution in [0.1, 0.15) is 15.9 Å². The Labute approximate surface area is 148 Å². The van der Waals surface area contributed by atoms with E-state index < -0.39 is 0 Å². The molecule has 0 N–H and O–H groups in total. The van der Waals surface area contributed by atoms with Crippen LogP contribution in [-0.2, 0) is 0 Å². The number of anilines is 2. The number of benzene rings is 2. The summed E-state index contributed by atoms with van der Waals surface area (Å²) in [5.41, 5.74) is 3.07. The Hall–Kier alpha value is -2.84. The Balaban J connectivity index is 1.89.